The van der Waals surface area contributed by atoms with Crippen molar-refractivity contribution in [2.45, 2.75) is 38.1 Å². The predicted molar refractivity (Wildman–Crippen MR) is 125 cm³/mol. The maximum absolute atomic E-state index is 12.9. The maximum Gasteiger partial charge on any atom is 0.247 e. The van der Waals surface area contributed by atoms with Crippen LogP contribution in [0.25, 0.3) is 22.5 Å². The average Bonchev–Trinajstić information content (AvgIpc) is 3.44. The number of H-pyrrole nitrogens is 1. The second-order valence-corrected chi connectivity index (χ2v) is 8.67. The minimum Gasteiger partial charge on any atom is -0.399 e. The fourth-order valence-corrected chi connectivity index (χ4v) is 4.42. The smallest absolute Gasteiger partial charge is 0.247 e. The van der Waals surface area contributed by atoms with E-state index in [1.54, 1.807) is 4.90 Å². The summed E-state index contributed by atoms with van der Waals surface area (Å²) in [7, 11) is 0. The highest BCUT2D eigenvalue weighted by Crippen LogP contribution is 2.32. The number of nitrogens with one attached hydrogen (secondary N) is 2. The van der Waals surface area contributed by atoms with Gasteiger partial charge >= 0.3 is 0 Å². The second kappa shape index (κ2) is 8.49. The average molecular weight is 430 g/mol. The summed E-state index contributed by atoms with van der Waals surface area (Å²) in [5.74, 6) is 0.169. The number of amides is 2. The molecule has 7 heteroatoms. The van der Waals surface area contributed by atoms with Crippen LogP contribution in [0.2, 0.25) is 0 Å². The molecule has 1 saturated carbocycles. The number of aromatic amines is 1. The minimum atomic E-state index is -0.364. The Morgan fingerprint density at radius 1 is 0.969 bits per heavy atom. The number of rotatable bonds is 5. The summed E-state index contributed by atoms with van der Waals surface area (Å²) in [6.07, 6.45) is 4.64. The van der Waals surface area contributed by atoms with Crippen LogP contribution in [-0.2, 0) is 9.59 Å². The van der Waals surface area contributed by atoms with E-state index in [1.165, 1.54) is 0 Å². The summed E-state index contributed by atoms with van der Waals surface area (Å²) in [6.45, 7) is 0.682. The van der Waals surface area contributed by atoms with E-state index < -0.39 is 0 Å². The lowest BCUT2D eigenvalue weighted by Crippen LogP contribution is -2.46. The Morgan fingerprint density at radius 2 is 1.69 bits per heavy atom. The van der Waals surface area contributed by atoms with Crippen LogP contribution in [0.4, 0.5) is 11.4 Å². The summed E-state index contributed by atoms with van der Waals surface area (Å²) >= 11 is 0. The molecule has 5 rings (SSSR count). The highest BCUT2D eigenvalue weighted by molar-refractivity contribution is 5.98. The molecule has 164 valence electrons. The first-order valence-electron chi connectivity index (χ1n) is 11.2. The van der Waals surface area contributed by atoms with Gasteiger partial charge in [-0.1, -0.05) is 30.7 Å². The Hall–Kier alpha value is -3.61. The van der Waals surface area contributed by atoms with E-state index in [1.807, 2.05) is 54.6 Å². The molecule has 0 bridgehead atoms. The zero-order chi connectivity index (χ0) is 22.1. The molecule has 2 amide bonds. The quantitative estimate of drug-likeness (QED) is 0.532. The van der Waals surface area contributed by atoms with Gasteiger partial charge in [-0.3, -0.25) is 14.7 Å². The van der Waals surface area contributed by atoms with Crippen molar-refractivity contribution in [3.05, 3.63) is 54.6 Å². The number of carbonyl (C=O) groups excluding carboxylic acids is 2. The summed E-state index contributed by atoms with van der Waals surface area (Å²) in [5, 5.41) is 10.5. The van der Waals surface area contributed by atoms with Gasteiger partial charge in [-0.05, 0) is 61.6 Å². The highest BCUT2D eigenvalue weighted by atomic mass is 16.2. The number of hydrogen-bond acceptors (Lipinski definition) is 4. The maximum atomic E-state index is 12.9. The van der Waals surface area contributed by atoms with E-state index in [-0.39, 0.29) is 23.8 Å². The SMILES string of the molecule is Nc1ccc(-c2cc(-c3ccc(NC(=O)[C@@H]4CCCN4C(=O)C4CCC4)cc3)n[nH]2)cc1. The molecule has 0 spiro atoms. The largest absolute Gasteiger partial charge is 0.399 e. The van der Waals surface area contributed by atoms with Crippen LogP contribution in [0.5, 0.6) is 0 Å². The molecule has 0 radical (unpaired) electrons. The van der Waals surface area contributed by atoms with E-state index >= 15 is 0 Å². The molecule has 1 aromatic heterocycles. The molecule has 2 aliphatic rings. The van der Waals surface area contributed by atoms with Gasteiger partial charge in [0.1, 0.15) is 6.04 Å². The number of nitrogen functional groups attached to an aromatic ring is 1. The molecular formula is C25H27N5O2. The number of nitrogens with two attached hydrogens (primary N) is 1. The van der Waals surface area contributed by atoms with Gasteiger partial charge in [-0.25, -0.2) is 0 Å². The number of benzene rings is 2. The van der Waals surface area contributed by atoms with Crippen molar-refractivity contribution < 1.29 is 9.59 Å². The predicted octanol–water partition coefficient (Wildman–Crippen LogP) is 4.06. The molecule has 1 saturated heterocycles. The third kappa shape index (κ3) is 3.98. The Morgan fingerprint density at radius 3 is 2.38 bits per heavy atom. The van der Waals surface area contributed by atoms with Crippen LogP contribution in [0.3, 0.4) is 0 Å². The van der Waals surface area contributed by atoms with Crippen molar-refractivity contribution in [3.8, 4) is 22.5 Å². The van der Waals surface area contributed by atoms with Gasteiger partial charge in [0.15, 0.2) is 0 Å². The first-order valence-corrected chi connectivity index (χ1v) is 11.2. The van der Waals surface area contributed by atoms with E-state index in [2.05, 4.69) is 15.5 Å². The molecule has 2 heterocycles. The lowest BCUT2D eigenvalue weighted by molar-refractivity contribution is -0.142. The Balaban J connectivity index is 1.24. The Kier molecular flexibility index (Phi) is 5.39. The van der Waals surface area contributed by atoms with Gasteiger partial charge in [-0.15, -0.1) is 0 Å². The van der Waals surface area contributed by atoms with Crippen LogP contribution in [0, 0.1) is 5.92 Å². The lowest BCUT2D eigenvalue weighted by Gasteiger charge is -2.32. The normalized spacial score (nSPS) is 18.4. The summed E-state index contributed by atoms with van der Waals surface area (Å²) in [4.78, 5) is 27.3. The van der Waals surface area contributed by atoms with Crippen molar-refractivity contribution in [1.29, 1.82) is 0 Å². The van der Waals surface area contributed by atoms with Crippen LogP contribution in [0.15, 0.2) is 54.6 Å². The molecule has 7 nitrogen and oxygen atoms in total. The number of aromatic nitrogens is 2. The van der Waals surface area contributed by atoms with Crippen LogP contribution < -0.4 is 11.1 Å². The van der Waals surface area contributed by atoms with Gasteiger partial charge in [0.2, 0.25) is 11.8 Å². The fourth-order valence-electron chi connectivity index (χ4n) is 4.42. The van der Waals surface area contributed by atoms with E-state index in [0.29, 0.717) is 6.54 Å². The molecule has 1 atom stereocenters. The van der Waals surface area contributed by atoms with Gasteiger partial charge in [0, 0.05) is 29.4 Å². The summed E-state index contributed by atoms with van der Waals surface area (Å²) in [5.41, 5.74) is 10.9. The molecular weight excluding hydrogens is 402 g/mol. The first-order chi connectivity index (χ1) is 15.6. The molecule has 4 N–H and O–H groups in total. The van der Waals surface area contributed by atoms with E-state index in [9.17, 15) is 9.59 Å². The Labute approximate surface area is 187 Å². The van der Waals surface area contributed by atoms with Crippen LogP contribution in [0.1, 0.15) is 32.1 Å². The number of anilines is 2. The lowest BCUT2D eigenvalue weighted by atomic mass is 9.84. The Bertz CT molecular complexity index is 1120. The van der Waals surface area contributed by atoms with Gasteiger partial charge < -0.3 is 16.0 Å². The first kappa shape index (κ1) is 20.3. The van der Waals surface area contributed by atoms with Crippen molar-refractivity contribution in [1.82, 2.24) is 15.1 Å². The molecule has 1 aliphatic carbocycles. The molecule has 3 aromatic rings. The van der Waals surface area contributed by atoms with Gasteiger partial charge in [0.05, 0.1) is 11.4 Å². The van der Waals surface area contributed by atoms with Crippen molar-refractivity contribution >= 4 is 23.2 Å². The van der Waals surface area contributed by atoms with Crippen molar-refractivity contribution in [3.63, 3.8) is 0 Å². The van der Waals surface area contributed by atoms with Crippen LogP contribution in [-0.4, -0.2) is 39.5 Å². The molecule has 0 unspecified atom stereocenters. The van der Waals surface area contributed by atoms with Gasteiger partial charge in [-0.2, -0.15) is 5.10 Å². The second-order valence-electron chi connectivity index (χ2n) is 8.67. The zero-order valence-electron chi connectivity index (χ0n) is 17.9. The van der Waals surface area contributed by atoms with Crippen LogP contribution >= 0.6 is 0 Å². The number of hydrogen-bond donors (Lipinski definition) is 3. The fraction of sp³-hybridized carbons (Fsp3) is 0.320. The molecule has 1 aliphatic heterocycles. The number of likely N-dealkylation sites (tertiary alicyclic amines) is 1. The summed E-state index contributed by atoms with van der Waals surface area (Å²) < 4.78 is 0. The van der Waals surface area contributed by atoms with E-state index in [4.69, 9.17) is 5.73 Å². The topological polar surface area (TPSA) is 104 Å². The standard InChI is InChI=1S/C25H27N5O2/c26-19-10-6-16(7-11-19)21-15-22(29-28-21)17-8-12-20(13-9-17)27-24(31)23-5-2-14-30(23)25(32)18-3-1-4-18/h6-13,15,18,23H,1-5,14,26H2,(H,27,31)(H,28,29)/t23-/m0/s1. The highest BCUT2D eigenvalue weighted by Gasteiger charge is 2.38. The number of nitrogens with zero attached hydrogens (tertiary/aromatic N) is 2. The molecule has 2 aromatic carbocycles. The summed E-state index contributed by atoms with van der Waals surface area (Å²) in [6, 6.07) is 16.9. The van der Waals surface area contributed by atoms with Gasteiger partial charge in [0.25, 0.3) is 0 Å². The molecule has 2 fully saturated rings. The van der Waals surface area contributed by atoms with Crippen molar-refractivity contribution in [2.24, 2.45) is 5.92 Å². The third-order valence-corrected chi connectivity index (χ3v) is 6.54. The number of carbonyl (C=O) groups is 2. The van der Waals surface area contributed by atoms with Crippen molar-refractivity contribution in [2.75, 3.05) is 17.6 Å². The zero-order valence-corrected chi connectivity index (χ0v) is 17.9. The molecule has 32 heavy (non-hydrogen) atoms. The van der Waals surface area contributed by atoms with E-state index in [0.717, 1.165) is 66.0 Å². The monoisotopic (exact) mass is 429 g/mol. The third-order valence-electron chi connectivity index (χ3n) is 6.54. The minimum absolute atomic E-state index is 0.103.